The largest absolute Gasteiger partial charge is 0.399 e. The Kier molecular flexibility index (Phi) is 5.47. The molecule has 0 aliphatic rings. The van der Waals surface area contributed by atoms with E-state index in [2.05, 4.69) is 5.32 Å². The maximum atomic E-state index is 12.1. The smallest absolute Gasteiger partial charge is 0.253 e. The molecule has 0 radical (unpaired) electrons. The molecule has 3 N–H and O–H groups in total. The van der Waals surface area contributed by atoms with E-state index in [9.17, 15) is 4.79 Å². The van der Waals surface area contributed by atoms with E-state index in [1.54, 1.807) is 0 Å². The number of nitrogens with two attached hydrogens (primary N) is 1. The average molecular weight is 305 g/mol. The topological polar surface area (TPSA) is 64.3 Å². The van der Waals surface area contributed by atoms with Gasteiger partial charge in [-0.1, -0.05) is 23.2 Å². The number of rotatable bonds is 5. The summed E-state index contributed by atoms with van der Waals surface area (Å²) in [6.07, 6.45) is 0. The summed E-state index contributed by atoms with van der Waals surface area (Å²) in [6, 6.07) is 3.00. The third-order valence-electron chi connectivity index (χ3n) is 2.50. The lowest BCUT2D eigenvalue weighted by molar-refractivity contribution is -0.00815. The van der Waals surface area contributed by atoms with Crippen LogP contribution in [-0.4, -0.2) is 24.7 Å². The van der Waals surface area contributed by atoms with Gasteiger partial charge in [0, 0.05) is 18.8 Å². The molecule has 0 aliphatic carbocycles. The number of benzene rings is 1. The average Bonchev–Trinajstić information content (AvgIpc) is 2.31. The summed E-state index contributed by atoms with van der Waals surface area (Å²) in [6.45, 7) is 6.63. The van der Waals surface area contributed by atoms with Crippen molar-refractivity contribution in [2.75, 3.05) is 18.9 Å². The van der Waals surface area contributed by atoms with Gasteiger partial charge in [0.15, 0.2) is 0 Å². The van der Waals surface area contributed by atoms with Crippen molar-refractivity contribution in [1.82, 2.24) is 5.32 Å². The summed E-state index contributed by atoms with van der Waals surface area (Å²) in [7, 11) is 0. The van der Waals surface area contributed by atoms with Crippen LogP contribution in [0, 0.1) is 0 Å². The summed E-state index contributed by atoms with van der Waals surface area (Å²) in [5.74, 6) is -0.327. The second-order valence-corrected chi connectivity index (χ2v) is 5.52. The predicted octanol–water partition coefficient (Wildman–Crippen LogP) is 3.12. The van der Waals surface area contributed by atoms with E-state index in [0.717, 1.165) is 0 Å². The molecule has 1 amide bonds. The van der Waals surface area contributed by atoms with E-state index in [1.165, 1.54) is 12.1 Å². The molecule has 4 nitrogen and oxygen atoms in total. The van der Waals surface area contributed by atoms with Crippen molar-refractivity contribution >= 4 is 34.8 Å². The van der Waals surface area contributed by atoms with E-state index in [1.807, 2.05) is 20.8 Å². The molecule has 0 unspecified atom stereocenters. The fourth-order valence-electron chi connectivity index (χ4n) is 1.61. The fourth-order valence-corrected chi connectivity index (χ4v) is 2.03. The Labute approximate surface area is 123 Å². The number of nitrogen functional groups attached to an aromatic ring is 1. The molecule has 0 aliphatic heterocycles. The Morgan fingerprint density at radius 3 is 2.63 bits per heavy atom. The van der Waals surface area contributed by atoms with Gasteiger partial charge in [-0.05, 0) is 32.9 Å². The molecule has 0 saturated heterocycles. The molecule has 19 heavy (non-hydrogen) atoms. The molecule has 0 heterocycles. The van der Waals surface area contributed by atoms with Crippen LogP contribution in [0.2, 0.25) is 10.0 Å². The quantitative estimate of drug-likeness (QED) is 0.822. The number of halogens is 2. The number of hydrogen-bond donors (Lipinski definition) is 2. The standard InChI is InChI=1S/C13H18Cl2N2O2/c1-4-19-13(2,3)7-17-12(18)9-5-8(16)6-10(14)11(9)15/h5-6H,4,7,16H2,1-3H3,(H,17,18). The number of ether oxygens (including phenoxy) is 1. The van der Waals surface area contributed by atoms with Gasteiger partial charge < -0.3 is 15.8 Å². The van der Waals surface area contributed by atoms with Crippen LogP contribution in [0.25, 0.3) is 0 Å². The highest BCUT2D eigenvalue weighted by Crippen LogP contribution is 2.28. The van der Waals surface area contributed by atoms with Gasteiger partial charge in [-0.3, -0.25) is 4.79 Å². The lowest BCUT2D eigenvalue weighted by Gasteiger charge is -2.25. The molecule has 0 atom stereocenters. The Balaban J connectivity index is 2.80. The number of anilines is 1. The Bertz CT molecular complexity index is 476. The van der Waals surface area contributed by atoms with Gasteiger partial charge in [-0.25, -0.2) is 0 Å². The summed E-state index contributed by atoms with van der Waals surface area (Å²) in [5.41, 5.74) is 5.86. The van der Waals surface area contributed by atoms with Crippen molar-refractivity contribution in [1.29, 1.82) is 0 Å². The molecule has 0 bridgehead atoms. The number of carbonyl (C=O) groups is 1. The third-order valence-corrected chi connectivity index (χ3v) is 3.31. The van der Waals surface area contributed by atoms with E-state index >= 15 is 0 Å². The number of hydrogen-bond acceptors (Lipinski definition) is 3. The number of carbonyl (C=O) groups excluding carboxylic acids is 1. The van der Waals surface area contributed by atoms with Crippen LogP contribution in [-0.2, 0) is 4.74 Å². The van der Waals surface area contributed by atoms with Crippen molar-refractivity contribution in [2.24, 2.45) is 0 Å². The zero-order valence-corrected chi connectivity index (χ0v) is 12.7. The van der Waals surface area contributed by atoms with Gasteiger partial charge >= 0.3 is 0 Å². The maximum Gasteiger partial charge on any atom is 0.253 e. The highest BCUT2D eigenvalue weighted by molar-refractivity contribution is 6.44. The summed E-state index contributed by atoms with van der Waals surface area (Å²) >= 11 is 11.9. The second kappa shape index (κ2) is 6.46. The molecule has 1 aromatic carbocycles. The SMILES string of the molecule is CCOC(C)(C)CNC(=O)c1cc(N)cc(Cl)c1Cl. The van der Waals surface area contributed by atoms with Gasteiger partial charge in [0.25, 0.3) is 5.91 Å². The molecule has 0 saturated carbocycles. The molecule has 0 fully saturated rings. The van der Waals surface area contributed by atoms with Crippen molar-refractivity contribution < 1.29 is 9.53 Å². The Morgan fingerprint density at radius 1 is 1.42 bits per heavy atom. The molecule has 0 aromatic heterocycles. The number of nitrogens with one attached hydrogen (secondary N) is 1. The Morgan fingerprint density at radius 2 is 2.05 bits per heavy atom. The monoisotopic (exact) mass is 304 g/mol. The van der Waals surface area contributed by atoms with Crippen molar-refractivity contribution in [3.05, 3.63) is 27.7 Å². The lowest BCUT2D eigenvalue weighted by atomic mass is 10.1. The minimum absolute atomic E-state index is 0.197. The zero-order valence-electron chi connectivity index (χ0n) is 11.2. The minimum Gasteiger partial charge on any atom is -0.399 e. The van der Waals surface area contributed by atoms with Crippen LogP contribution in [0.5, 0.6) is 0 Å². The first kappa shape index (κ1) is 16.1. The van der Waals surface area contributed by atoms with Crippen LogP contribution in [0.15, 0.2) is 12.1 Å². The molecule has 1 rings (SSSR count). The van der Waals surface area contributed by atoms with Crippen LogP contribution in [0.1, 0.15) is 31.1 Å². The molecular weight excluding hydrogens is 287 g/mol. The predicted molar refractivity (Wildman–Crippen MR) is 78.9 cm³/mol. The second-order valence-electron chi connectivity index (χ2n) is 4.74. The van der Waals surface area contributed by atoms with Crippen LogP contribution >= 0.6 is 23.2 Å². The Hall–Kier alpha value is -0.970. The zero-order chi connectivity index (χ0) is 14.6. The van der Waals surface area contributed by atoms with Gasteiger partial charge in [0.1, 0.15) is 0 Å². The summed E-state index contributed by atoms with van der Waals surface area (Å²) < 4.78 is 5.49. The first-order valence-electron chi connectivity index (χ1n) is 5.93. The third kappa shape index (κ3) is 4.56. The normalized spacial score (nSPS) is 11.4. The molecule has 1 aromatic rings. The van der Waals surface area contributed by atoms with Gasteiger partial charge in [0.2, 0.25) is 0 Å². The van der Waals surface area contributed by atoms with E-state index in [-0.39, 0.29) is 21.5 Å². The minimum atomic E-state index is -0.443. The van der Waals surface area contributed by atoms with Crippen molar-refractivity contribution in [3.63, 3.8) is 0 Å². The van der Waals surface area contributed by atoms with E-state index in [4.69, 9.17) is 33.7 Å². The van der Waals surface area contributed by atoms with Gasteiger partial charge in [-0.2, -0.15) is 0 Å². The molecule has 0 spiro atoms. The van der Waals surface area contributed by atoms with E-state index < -0.39 is 5.60 Å². The molecular formula is C13H18Cl2N2O2. The summed E-state index contributed by atoms with van der Waals surface area (Å²) in [5, 5.41) is 3.21. The molecule has 106 valence electrons. The first-order chi connectivity index (χ1) is 8.76. The molecule has 6 heteroatoms. The van der Waals surface area contributed by atoms with E-state index in [0.29, 0.717) is 18.8 Å². The van der Waals surface area contributed by atoms with Gasteiger partial charge in [0.05, 0.1) is 21.2 Å². The maximum absolute atomic E-state index is 12.1. The van der Waals surface area contributed by atoms with Crippen LogP contribution < -0.4 is 11.1 Å². The van der Waals surface area contributed by atoms with Crippen molar-refractivity contribution in [3.8, 4) is 0 Å². The van der Waals surface area contributed by atoms with Crippen molar-refractivity contribution in [2.45, 2.75) is 26.4 Å². The highest BCUT2D eigenvalue weighted by atomic mass is 35.5. The first-order valence-corrected chi connectivity index (χ1v) is 6.69. The fraction of sp³-hybridized carbons (Fsp3) is 0.462. The lowest BCUT2D eigenvalue weighted by Crippen LogP contribution is -2.40. The van der Waals surface area contributed by atoms with Crippen LogP contribution in [0.3, 0.4) is 0 Å². The summed E-state index contributed by atoms with van der Waals surface area (Å²) in [4.78, 5) is 12.1. The van der Waals surface area contributed by atoms with Crippen LogP contribution in [0.4, 0.5) is 5.69 Å². The highest BCUT2D eigenvalue weighted by Gasteiger charge is 2.20. The van der Waals surface area contributed by atoms with Gasteiger partial charge in [-0.15, -0.1) is 0 Å². The number of amides is 1.